The maximum absolute atomic E-state index is 11.4. The lowest BCUT2D eigenvalue weighted by Crippen LogP contribution is -2.35. The Morgan fingerprint density at radius 2 is 1.84 bits per heavy atom. The Bertz CT molecular complexity index is 303. The van der Waals surface area contributed by atoms with E-state index in [0.29, 0.717) is 18.9 Å². The monoisotopic (exact) mass is 270 g/mol. The zero-order chi connectivity index (χ0) is 15.1. The number of hydrogen-bond acceptors (Lipinski definition) is 3. The molecule has 0 saturated heterocycles. The zero-order valence-electron chi connectivity index (χ0n) is 13.6. The first kappa shape index (κ1) is 18.2. The minimum Gasteiger partial charge on any atom is -0.463 e. The van der Waals surface area contributed by atoms with Crippen molar-refractivity contribution in [3.63, 3.8) is 0 Å². The molecule has 0 N–H and O–H groups in total. The van der Waals surface area contributed by atoms with Crippen LogP contribution in [0.15, 0.2) is 11.6 Å². The fourth-order valence-corrected chi connectivity index (χ4v) is 1.80. The quantitative estimate of drug-likeness (QED) is 0.492. The molecular weight excluding hydrogens is 240 g/mol. The largest absolute Gasteiger partial charge is 0.463 e. The summed E-state index contributed by atoms with van der Waals surface area (Å²) in [4.78, 5) is 11.4. The summed E-state index contributed by atoms with van der Waals surface area (Å²) < 4.78 is 11.2. The molecule has 0 bridgehead atoms. The molecule has 0 heterocycles. The van der Waals surface area contributed by atoms with Crippen molar-refractivity contribution in [3.8, 4) is 0 Å². The van der Waals surface area contributed by atoms with Crippen molar-refractivity contribution in [2.24, 2.45) is 5.92 Å². The Kier molecular flexibility index (Phi) is 8.00. The summed E-state index contributed by atoms with van der Waals surface area (Å²) in [5.41, 5.74) is 0.748. The van der Waals surface area contributed by atoms with E-state index in [1.807, 2.05) is 27.7 Å². The van der Waals surface area contributed by atoms with Crippen LogP contribution in [0.2, 0.25) is 0 Å². The molecule has 0 aliphatic heterocycles. The van der Waals surface area contributed by atoms with Gasteiger partial charge in [0.25, 0.3) is 0 Å². The fraction of sp³-hybridized carbons (Fsp3) is 0.812. The first-order valence-corrected chi connectivity index (χ1v) is 7.19. The number of rotatable bonds is 8. The number of carbonyl (C=O) groups excluding carboxylic acids is 1. The second-order valence-corrected chi connectivity index (χ2v) is 6.09. The Balaban J connectivity index is 4.31. The van der Waals surface area contributed by atoms with Gasteiger partial charge in [-0.3, -0.25) is 4.79 Å². The number of carbonyl (C=O) groups is 1. The molecule has 0 aromatic carbocycles. The van der Waals surface area contributed by atoms with E-state index >= 15 is 0 Å². The zero-order valence-corrected chi connectivity index (χ0v) is 13.6. The van der Waals surface area contributed by atoms with Crippen molar-refractivity contribution in [2.75, 3.05) is 6.61 Å². The molecule has 0 aromatic rings. The lowest BCUT2D eigenvalue weighted by molar-refractivity contribution is -0.155. The Labute approximate surface area is 118 Å². The summed E-state index contributed by atoms with van der Waals surface area (Å²) in [6.45, 7) is 14.6. The summed E-state index contributed by atoms with van der Waals surface area (Å²) >= 11 is 0. The number of esters is 1. The Morgan fingerprint density at radius 1 is 1.26 bits per heavy atom. The highest BCUT2D eigenvalue weighted by molar-refractivity contribution is 5.69. The molecule has 3 heteroatoms. The molecule has 0 radical (unpaired) electrons. The molecule has 19 heavy (non-hydrogen) atoms. The predicted molar refractivity (Wildman–Crippen MR) is 79.1 cm³/mol. The lowest BCUT2D eigenvalue weighted by atomic mass is 10.1. The predicted octanol–water partition coefficient (Wildman–Crippen LogP) is 4.12. The van der Waals surface area contributed by atoms with E-state index in [-0.39, 0.29) is 12.1 Å². The molecule has 0 amide bonds. The van der Waals surface area contributed by atoms with Crippen LogP contribution >= 0.6 is 0 Å². The average molecular weight is 270 g/mol. The molecule has 0 rings (SSSR count). The third kappa shape index (κ3) is 8.82. The van der Waals surface area contributed by atoms with E-state index in [1.54, 1.807) is 0 Å². The summed E-state index contributed by atoms with van der Waals surface area (Å²) in [5.74, 6) is 0.359. The van der Waals surface area contributed by atoms with Gasteiger partial charge in [-0.1, -0.05) is 26.8 Å². The fourth-order valence-electron chi connectivity index (χ4n) is 1.80. The Morgan fingerprint density at radius 3 is 2.32 bits per heavy atom. The molecule has 3 nitrogen and oxygen atoms in total. The van der Waals surface area contributed by atoms with Gasteiger partial charge in [0.15, 0.2) is 0 Å². The minimum atomic E-state index is -0.463. The van der Waals surface area contributed by atoms with E-state index in [0.717, 1.165) is 6.42 Å². The van der Waals surface area contributed by atoms with E-state index < -0.39 is 5.60 Å². The maximum Gasteiger partial charge on any atom is 0.305 e. The topological polar surface area (TPSA) is 35.5 Å². The summed E-state index contributed by atoms with van der Waals surface area (Å²) in [7, 11) is 0. The molecule has 0 saturated carbocycles. The van der Waals surface area contributed by atoms with Crippen LogP contribution in [-0.2, 0) is 14.3 Å². The second kappa shape index (κ2) is 8.36. The van der Waals surface area contributed by atoms with Crippen LogP contribution in [0.1, 0.15) is 61.3 Å². The highest BCUT2D eigenvalue weighted by atomic mass is 16.6. The number of allylic oxidation sites excluding steroid dienone is 1. The van der Waals surface area contributed by atoms with Crippen molar-refractivity contribution in [3.05, 3.63) is 11.6 Å². The molecular formula is C16H30O3. The van der Waals surface area contributed by atoms with E-state index in [2.05, 4.69) is 26.8 Å². The summed E-state index contributed by atoms with van der Waals surface area (Å²) in [5, 5.41) is 0. The van der Waals surface area contributed by atoms with Crippen molar-refractivity contribution in [2.45, 2.75) is 73.0 Å². The van der Waals surface area contributed by atoms with Gasteiger partial charge in [0.1, 0.15) is 6.61 Å². The highest BCUT2D eigenvalue weighted by Gasteiger charge is 2.24. The first-order valence-electron chi connectivity index (χ1n) is 7.19. The highest BCUT2D eigenvalue weighted by Crippen LogP contribution is 2.18. The third-order valence-electron chi connectivity index (χ3n) is 2.77. The number of hydrogen-bond donors (Lipinski definition) is 0. The molecule has 0 aromatic heterocycles. The summed E-state index contributed by atoms with van der Waals surface area (Å²) in [6.07, 6.45) is 3.51. The Hall–Kier alpha value is -0.830. The van der Waals surface area contributed by atoms with Gasteiger partial charge < -0.3 is 9.47 Å². The molecule has 1 unspecified atom stereocenters. The van der Waals surface area contributed by atoms with Gasteiger partial charge in [-0.2, -0.15) is 0 Å². The average Bonchev–Trinajstić information content (AvgIpc) is 2.25. The van der Waals surface area contributed by atoms with Crippen LogP contribution in [-0.4, -0.2) is 24.3 Å². The standard InChI is InChI=1S/C16H30O3/c1-8-9-15(17)18-11-16(6,7)19-14(5)13(4)10-12(2)3/h10,12,14H,8-9,11H2,1-7H3/b13-10+. The third-order valence-corrected chi connectivity index (χ3v) is 2.77. The van der Waals surface area contributed by atoms with Crippen molar-refractivity contribution in [1.29, 1.82) is 0 Å². The van der Waals surface area contributed by atoms with E-state index in [1.165, 1.54) is 5.57 Å². The van der Waals surface area contributed by atoms with Crippen molar-refractivity contribution in [1.82, 2.24) is 0 Å². The maximum atomic E-state index is 11.4. The molecule has 0 aliphatic rings. The molecule has 0 fully saturated rings. The second-order valence-electron chi connectivity index (χ2n) is 6.09. The molecule has 112 valence electrons. The van der Waals surface area contributed by atoms with Crippen LogP contribution in [0.3, 0.4) is 0 Å². The SMILES string of the molecule is CCCC(=O)OCC(C)(C)OC(C)/C(C)=C/C(C)C. The van der Waals surface area contributed by atoms with Crippen LogP contribution < -0.4 is 0 Å². The smallest absolute Gasteiger partial charge is 0.305 e. The van der Waals surface area contributed by atoms with Gasteiger partial charge in [-0.15, -0.1) is 0 Å². The first-order chi connectivity index (χ1) is 8.68. The minimum absolute atomic E-state index is 0.0299. The van der Waals surface area contributed by atoms with Crippen LogP contribution in [0.4, 0.5) is 0 Å². The molecule has 1 atom stereocenters. The van der Waals surface area contributed by atoms with Crippen LogP contribution in [0.5, 0.6) is 0 Å². The van der Waals surface area contributed by atoms with E-state index in [9.17, 15) is 4.79 Å². The van der Waals surface area contributed by atoms with Crippen LogP contribution in [0.25, 0.3) is 0 Å². The van der Waals surface area contributed by atoms with Gasteiger partial charge in [-0.25, -0.2) is 0 Å². The van der Waals surface area contributed by atoms with Crippen molar-refractivity contribution >= 4 is 5.97 Å². The van der Waals surface area contributed by atoms with Gasteiger partial charge in [0, 0.05) is 6.42 Å². The molecule has 0 aliphatic carbocycles. The normalized spacial score (nSPS) is 14.6. The van der Waals surface area contributed by atoms with E-state index in [4.69, 9.17) is 9.47 Å². The van der Waals surface area contributed by atoms with Crippen molar-refractivity contribution < 1.29 is 14.3 Å². The van der Waals surface area contributed by atoms with Gasteiger partial charge in [0.05, 0.1) is 11.7 Å². The number of ether oxygens (including phenoxy) is 2. The molecule has 0 spiro atoms. The van der Waals surface area contributed by atoms with Gasteiger partial charge in [-0.05, 0) is 45.6 Å². The lowest BCUT2D eigenvalue weighted by Gasteiger charge is -2.29. The van der Waals surface area contributed by atoms with Gasteiger partial charge in [0.2, 0.25) is 0 Å². The summed E-state index contributed by atoms with van der Waals surface area (Å²) in [6, 6.07) is 0. The van der Waals surface area contributed by atoms with Gasteiger partial charge >= 0.3 is 5.97 Å². The van der Waals surface area contributed by atoms with Crippen LogP contribution in [0, 0.1) is 5.92 Å².